The van der Waals surface area contributed by atoms with Crippen LogP contribution in [0.25, 0.3) is 11.5 Å². The zero-order valence-corrected chi connectivity index (χ0v) is 16.8. The normalized spacial score (nSPS) is 15.8. The van der Waals surface area contributed by atoms with E-state index in [0.29, 0.717) is 24.7 Å². The van der Waals surface area contributed by atoms with E-state index in [0.717, 1.165) is 6.26 Å². The number of aryl methyl sites for hydroxylation is 2. The zero-order chi connectivity index (χ0) is 20.5. The smallest absolute Gasteiger partial charge is 0.266 e. The van der Waals surface area contributed by atoms with Crippen LogP contribution in [0.4, 0.5) is 0 Å². The van der Waals surface area contributed by atoms with Gasteiger partial charge in [0, 0.05) is 45.3 Å². The van der Waals surface area contributed by atoms with Gasteiger partial charge in [-0.3, -0.25) is 14.2 Å². The summed E-state index contributed by atoms with van der Waals surface area (Å²) in [4.78, 5) is 35.1. The molecular weight excluding hydrogens is 388 g/mol. The highest BCUT2D eigenvalue weighted by atomic mass is 32.2. The van der Waals surface area contributed by atoms with Gasteiger partial charge in [-0.15, -0.1) is 0 Å². The van der Waals surface area contributed by atoms with Crippen LogP contribution in [0.1, 0.15) is 18.1 Å². The maximum absolute atomic E-state index is 12.7. The van der Waals surface area contributed by atoms with E-state index in [-0.39, 0.29) is 49.0 Å². The molecule has 1 saturated heterocycles. The molecule has 0 spiro atoms. The Balaban J connectivity index is 1.68. The van der Waals surface area contributed by atoms with Gasteiger partial charge in [-0.05, 0) is 13.8 Å². The molecule has 1 amide bonds. The number of rotatable bonds is 5. The summed E-state index contributed by atoms with van der Waals surface area (Å²) in [7, 11) is -3.25. The first-order valence-electron chi connectivity index (χ1n) is 8.77. The summed E-state index contributed by atoms with van der Waals surface area (Å²) in [5.74, 6) is 0.829. The number of piperazine rings is 1. The number of nitrogens with zero attached hydrogens (tertiary/aromatic N) is 6. The summed E-state index contributed by atoms with van der Waals surface area (Å²) in [6, 6.07) is 0. The van der Waals surface area contributed by atoms with Gasteiger partial charge in [-0.25, -0.2) is 13.4 Å². The van der Waals surface area contributed by atoms with Crippen LogP contribution in [0, 0.1) is 13.8 Å². The summed E-state index contributed by atoms with van der Waals surface area (Å²) in [5.41, 5.74) is -0.175. The Morgan fingerprint density at radius 2 is 1.89 bits per heavy atom. The van der Waals surface area contributed by atoms with E-state index in [1.54, 1.807) is 18.7 Å². The largest absolute Gasteiger partial charge is 0.340 e. The van der Waals surface area contributed by atoms with Gasteiger partial charge in [0.05, 0.1) is 6.26 Å². The summed E-state index contributed by atoms with van der Waals surface area (Å²) in [6.45, 7) is 4.70. The van der Waals surface area contributed by atoms with Gasteiger partial charge < -0.3 is 9.42 Å². The molecule has 0 N–H and O–H groups in total. The van der Waals surface area contributed by atoms with Crippen LogP contribution in [0.3, 0.4) is 0 Å². The van der Waals surface area contributed by atoms with Gasteiger partial charge in [0.15, 0.2) is 5.82 Å². The number of amides is 1. The highest BCUT2D eigenvalue weighted by Gasteiger charge is 2.26. The van der Waals surface area contributed by atoms with Gasteiger partial charge >= 0.3 is 0 Å². The molecule has 2 aromatic rings. The third kappa shape index (κ3) is 4.28. The lowest BCUT2D eigenvalue weighted by Gasteiger charge is -2.33. The first kappa shape index (κ1) is 20.1. The fourth-order valence-corrected chi connectivity index (χ4v) is 3.85. The number of carbonyl (C=O) groups excluding carboxylic acids is 1. The molecule has 12 heteroatoms. The third-order valence-electron chi connectivity index (χ3n) is 4.61. The van der Waals surface area contributed by atoms with Crippen LogP contribution in [-0.4, -0.2) is 75.7 Å². The lowest BCUT2D eigenvalue weighted by molar-refractivity contribution is -0.132. The SMILES string of the molecule is Cc1noc(-c2cnc(C)n(CCC(=O)N3CCN(S(C)(=O)=O)CC3)c2=O)n1. The monoisotopic (exact) mass is 410 g/mol. The Bertz CT molecular complexity index is 1040. The molecule has 0 saturated carbocycles. The van der Waals surface area contributed by atoms with Crippen molar-refractivity contribution in [3.05, 3.63) is 28.2 Å². The predicted octanol–water partition coefficient (Wildman–Crippen LogP) is -0.596. The number of carbonyl (C=O) groups is 1. The summed E-state index contributed by atoms with van der Waals surface area (Å²) < 4.78 is 30.9. The first-order chi connectivity index (χ1) is 13.2. The number of hydrogen-bond acceptors (Lipinski definition) is 8. The molecule has 1 aliphatic heterocycles. The fraction of sp³-hybridized carbons (Fsp3) is 0.562. The first-order valence-corrected chi connectivity index (χ1v) is 10.6. The molecule has 0 radical (unpaired) electrons. The van der Waals surface area contributed by atoms with Crippen molar-refractivity contribution in [3.63, 3.8) is 0 Å². The second kappa shape index (κ2) is 7.80. The summed E-state index contributed by atoms with van der Waals surface area (Å²) in [6.07, 6.45) is 2.64. The van der Waals surface area contributed by atoms with Crippen molar-refractivity contribution in [3.8, 4) is 11.5 Å². The van der Waals surface area contributed by atoms with Crippen molar-refractivity contribution in [2.75, 3.05) is 32.4 Å². The molecule has 28 heavy (non-hydrogen) atoms. The quantitative estimate of drug-likeness (QED) is 0.639. The van der Waals surface area contributed by atoms with Crippen LogP contribution in [0.15, 0.2) is 15.5 Å². The second-order valence-electron chi connectivity index (χ2n) is 6.62. The van der Waals surface area contributed by atoms with Crippen LogP contribution < -0.4 is 5.56 Å². The lowest BCUT2D eigenvalue weighted by atomic mass is 10.2. The van der Waals surface area contributed by atoms with Crippen molar-refractivity contribution >= 4 is 15.9 Å². The highest BCUT2D eigenvalue weighted by Crippen LogP contribution is 2.12. The van der Waals surface area contributed by atoms with Gasteiger partial charge in [0.2, 0.25) is 15.9 Å². The van der Waals surface area contributed by atoms with Crippen molar-refractivity contribution in [1.82, 2.24) is 28.9 Å². The molecule has 2 aromatic heterocycles. The maximum Gasteiger partial charge on any atom is 0.266 e. The predicted molar refractivity (Wildman–Crippen MR) is 98.9 cm³/mol. The van der Waals surface area contributed by atoms with E-state index in [4.69, 9.17) is 4.52 Å². The minimum atomic E-state index is -3.25. The van der Waals surface area contributed by atoms with E-state index in [1.807, 2.05) is 0 Å². The van der Waals surface area contributed by atoms with Crippen LogP contribution in [0.2, 0.25) is 0 Å². The molecule has 152 valence electrons. The minimum absolute atomic E-state index is 0.0898. The van der Waals surface area contributed by atoms with Crippen molar-refractivity contribution in [1.29, 1.82) is 0 Å². The van der Waals surface area contributed by atoms with Crippen molar-refractivity contribution in [2.45, 2.75) is 26.8 Å². The molecule has 0 atom stereocenters. The number of aromatic nitrogens is 4. The van der Waals surface area contributed by atoms with Crippen LogP contribution in [-0.2, 0) is 21.4 Å². The van der Waals surface area contributed by atoms with Crippen molar-refractivity contribution < 1.29 is 17.7 Å². The highest BCUT2D eigenvalue weighted by molar-refractivity contribution is 7.88. The standard InChI is InChI=1S/C16H22N6O5S/c1-11-18-15(27-19-11)13-10-17-12(2)22(16(13)24)5-4-14(23)20-6-8-21(9-7-20)28(3,25)26/h10H,4-9H2,1-3H3. The Morgan fingerprint density at radius 1 is 1.21 bits per heavy atom. The zero-order valence-electron chi connectivity index (χ0n) is 16.0. The van der Waals surface area contributed by atoms with Gasteiger partial charge in [0.1, 0.15) is 11.4 Å². The molecule has 1 fully saturated rings. The molecule has 1 aliphatic rings. The van der Waals surface area contributed by atoms with E-state index < -0.39 is 10.0 Å². The molecule has 3 rings (SSSR count). The number of sulfonamides is 1. The molecule has 0 unspecified atom stereocenters. The topological polar surface area (TPSA) is 132 Å². The Morgan fingerprint density at radius 3 is 2.46 bits per heavy atom. The van der Waals surface area contributed by atoms with Crippen LogP contribution >= 0.6 is 0 Å². The molecule has 0 bridgehead atoms. The molecule has 3 heterocycles. The fourth-order valence-electron chi connectivity index (χ4n) is 3.03. The number of hydrogen-bond donors (Lipinski definition) is 0. The third-order valence-corrected chi connectivity index (χ3v) is 5.92. The summed E-state index contributed by atoms with van der Waals surface area (Å²) in [5, 5.41) is 3.68. The molecule has 0 aliphatic carbocycles. The minimum Gasteiger partial charge on any atom is -0.340 e. The van der Waals surface area contributed by atoms with E-state index in [9.17, 15) is 18.0 Å². The van der Waals surface area contributed by atoms with Crippen molar-refractivity contribution in [2.24, 2.45) is 0 Å². The average molecular weight is 410 g/mol. The van der Waals surface area contributed by atoms with Gasteiger partial charge in [-0.1, -0.05) is 5.16 Å². The van der Waals surface area contributed by atoms with Crippen LogP contribution in [0.5, 0.6) is 0 Å². The molecular formula is C16H22N6O5S. The molecule has 0 aromatic carbocycles. The maximum atomic E-state index is 12.7. The Labute approximate surface area is 162 Å². The second-order valence-corrected chi connectivity index (χ2v) is 8.60. The average Bonchev–Trinajstić information content (AvgIpc) is 3.07. The summed E-state index contributed by atoms with van der Waals surface area (Å²) >= 11 is 0. The van der Waals surface area contributed by atoms with E-state index in [1.165, 1.54) is 15.1 Å². The molecule has 11 nitrogen and oxygen atoms in total. The Hall–Kier alpha value is -2.60. The van der Waals surface area contributed by atoms with E-state index >= 15 is 0 Å². The van der Waals surface area contributed by atoms with Gasteiger partial charge in [-0.2, -0.15) is 9.29 Å². The Kier molecular flexibility index (Phi) is 5.61. The lowest BCUT2D eigenvalue weighted by Crippen LogP contribution is -2.50. The van der Waals surface area contributed by atoms with E-state index in [2.05, 4.69) is 15.1 Å². The van der Waals surface area contributed by atoms with Gasteiger partial charge in [0.25, 0.3) is 11.4 Å².